The first-order valence-corrected chi connectivity index (χ1v) is 8.98. The van der Waals surface area contributed by atoms with Gasteiger partial charge in [-0.25, -0.2) is 9.18 Å². The molecule has 0 radical (unpaired) electrons. The van der Waals surface area contributed by atoms with Crippen LogP contribution in [-0.4, -0.2) is 42.4 Å². The molecule has 0 aliphatic heterocycles. The van der Waals surface area contributed by atoms with Gasteiger partial charge in [0.25, 0.3) is 5.91 Å². The van der Waals surface area contributed by atoms with Crippen molar-refractivity contribution in [2.45, 2.75) is 13.5 Å². The van der Waals surface area contributed by atoms with Crippen molar-refractivity contribution < 1.29 is 23.5 Å². The smallest absolute Gasteiger partial charge is 0.338 e. The van der Waals surface area contributed by atoms with Crippen LogP contribution < -0.4 is 5.32 Å². The fourth-order valence-electron chi connectivity index (χ4n) is 2.30. The second-order valence-corrected chi connectivity index (χ2v) is 6.33. The van der Waals surface area contributed by atoms with Gasteiger partial charge in [0.1, 0.15) is 5.82 Å². The first kappa shape index (κ1) is 21.4. The molecule has 0 heterocycles. The molecule has 2 amide bonds. The van der Waals surface area contributed by atoms with E-state index in [0.29, 0.717) is 5.02 Å². The molecule has 0 spiro atoms. The van der Waals surface area contributed by atoms with Gasteiger partial charge in [0.15, 0.2) is 6.61 Å². The lowest BCUT2D eigenvalue weighted by molar-refractivity contribution is -0.138. The number of amides is 2. The van der Waals surface area contributed by atoms with Crippen molar-refractivity contribution >= 4 is 29.4 Å². The van der Waals surface area contributed by atoms with Crippen LogP contribution in [0.25, 0.3) is 0 Å². The van der Waals surface area contributed by atoms with E-state index in [2.05, 4.69) is 5.32 Å². The normalized spacial score (nSPS) is 10.2. The number of hydrogen-bond donors (Lipinski definition) is 1. The maximum Gasteiger partial charge on any atom is 0.338 e. The Morgan fingerprint density at radius 1 is 1.07 bits per heavy atom. The van der Waals surface area contributed by atoms with Crippen molar-refractivity contribution in [1.82, 2.24) is 10.2 Å². The van der Waals surface area contributed by atoms with Gasteiger partial charge in [-0.15, -0.1) is 0 Å². The lowest BCUT2D eigenvalue weighted by Gasteiger charge is -2.20. The summed E-state index contributed by atoms with van der Waals surface area (Å²) in [5.74, 6) is -1.86. The topological polar surface area (TPSA) is 75.7 Å². The lowest BCUT2D eigenvalue weighted by atomic mass is 10.2. The van der Waals surface area contributed by atoms with Crippen LogP contribution in [-0.2, 0) is 20.9 Å². The Morgan fingerprint density at radius 3 is 2.32 bits per heavy atom. The van der Waals surface area contributed by atoms with Crippen molar-refractivity contribution in [3.05, 3.63) is 70.5 Å². The molecule has 0 saturated carbocycles. The highest BCUT2D eigenvalue weighted by molar-refractivity contribution is 6.30. The Hall–Kier alpha value is -2.93. The minimum Gasteiger partial charge on any atom is -0.452 e. The zero-order chi connectivity index (χ0) is 20.5. The molecule has 0 aliphatic rings. The van der Waals surface area contributed by atoms with Crippen LogP contribution >= 0.6 is 11.6 Å². The number of nitrogens with zero attached hydrogens (tertiary/aromatic N) is 1. The summed E-state index contributed by atoms with van der Waals surface area (Å²) < 4.78 is 17.9. The summed E-state index contributed by atoms with van der Waals surface area (Å²) in [5.41, 5.74) is 1.01. The van der Waals surface area contributed by atoms with Crippen LogP contribution in [0.3, 0.4) is 0 Å². The minimum atomic E-state index is -0.651. The predicted molar refractivity (Wildman–Crippen MR) is 102 cm³/mol. The van der Waals surface area contributed by atoms with Gasteiger partial charge in [-0.3, -0.25) is 9.59 Å². The van der Waals surface area contributed by atoms with Crippen LogP contribution in [0.15, 0.2) is 48.5 Å². The number of hydrogen-bond acceptors (Lipinski definition) is 4. The molecule has 0 aliphatic carbocycles. The number of carbonyl (C=O) groups is 3. The minimum absolute atomic E-state index is 0.172. The molecule has 0 aromatic heterocycles. The van der Waals surface area contributed by atoms with Gasteiger partial charge < -0.3 is 15.0 Å². The molecule has 2 aromatic rings. The number of likely N-dealkylation sites (N-methyl/N-ethyl adjacent to an activating group) is 1. The van der Waals surface area contributed by atoms with Crippen LogP contribution in [0.2, 0.25) is 5.02 Å². The summed E-state index contributed by atoms with van der Waals surface area (Å²) in [4.78, 5) is 37.5. The second-order valence-electron chi connectivity index (χ2n) is 5.89. The Labute approximate surface area is 167 Å². The van der Waals surface area contributed by atoms with Crippen molar-refractivity contribution in [2.24, 2.45) is 0 Å². The molecule has 0 bridgehead atoms. The molecule has 2 rings (SSSR count). The molecular formula is C20H20ClFN2O4. The van der Waals surface area contributed by atoms with E-state index in [1.54, 1.807) is 31.2 Å². The molecule has 2 aromatic carbocycles. The Kier molecular flexibility index (Phi) is 7.95. The number of ether oxygens (including phenoxy) is 1. The van der Waals surface area contributed by atoms with Gasteiger partial charge in [0.2, 0.25) is 5.91 Å². The monoisotopic (exact) mass is 406 g/mol. The fourth-order valence-corrected chi connectivity index (χ4v) is 2.42. The van der Waals surface area contributed by atoms with Crippen molar-refractivity contribution in [3.8, 4) is 0 Å². The average molecular weight is 407 g/mol. The third kappa shape index (κ3) is 6.66. The third-order valence-electron chi connectivity index (χ3n) is 3.88. The summed E-state index contributed by atoms with van der Waals surface area (Å²) in [6.45, 7) is 1.57. The second kappa shape index (κ2) is 10.4. The molecule has 28 heavy (non-hydrogen) atoms. The van der Waals surface area contributed by atoms with E-state index >= 15 is 0 Å². The van der Waals surface area contributed by atoms with E-state index in [1.165, 1.54) is 29.2 Å². The number of benzene rings is 2. The van der Waals surface area contributed by atoms with Gasteiger partial charge in [0.05, 0.1) is 12.1 Å². The molecule has 0 fully saturated rings. The fraction of sp³-hybridized carbons (Fsp3) is 0.250. The lowest BCUT2D eigenvalue weighted by Crippen LogP contribution is -2.42. The average Bonchev–Trinajstić information content (AvgIpc) is 2.70. The summed E-state index contributed by atoms with van der Waals surface area (Å²) in [7, 11) is 0. The molecule has 0 atom stereocenters. The van der Waals surface area contributed by atoms with Crippen LogP contribution in [0.4, 0.5) is 4.39 Å². The highest BCUT2D eigenvalue weighted by Gasteiger charge is 2.18. The van der Waals surface area contributed by atoms with Crippen LogP contribution in [0.5, 0.6) is 0 Å². The highest BCUT2D eigenvalue weighted by atomic mass is 35.5. The molecule has 8 heteroatoms. The summed E-state index contributed by atoms with van der Waals surface area (Å²) in [5, 5.41) is 3.14. The predicted octanol–water partition coefficient (Wildman–Crippen LogP) is 2.80. The Morgan fingerprint density at radius 2 is 1.71 bits per heavy atom. The van der Waals surface area contributed by atoms with Gasteiger partial charge in [0, 0.05) is 18.1 Å². The number of nitrogens with one attached hydrogen (secondary N) is 1. The van der Waals surface area contributed by atoms with E-state index in [-0.39, 0.29) is 36.9 Å². The Bertz CT molecular complexity index is 825. The van der Waals surface area contributed by atoms with Gasteiger partial charge >= 0.3 is 5.97 Å². The molecule has 0 unspecified atom stereocenters. The zero-order valence-electron chi connectivity index (χ0n) is 15.3. The Balaban J connectivity index is 1.79. The summed E-state index contributed by atoms with van der Waals surface area (Å²) in [6, 6.07) is 11.8. The van der Waals surface area contributed by atoms with Crippen molar-refractivity contribution in [3.63, 3.8) is 0 Å². The van der Waals surface area contributed by atoms with E-state index in [0.717, 1.165) is 5.56 Å². The van der Waals surface area contributed by atoms with Gasteiger partial charge in [-0.2, -0.15) is 0 Å². The largest absolute Gasteiger partial charge is 0.452 e. The molecule has 1 N–H and O–H groups in total. The molecule has 0 saturated heterocycles. The maximum absolute atomic E-state index is 12.9. The first-order valence-electron chi connectivity index (χ1n) is 8.60. The van der Waals surface area contributed by atoms with Crippen molar-refractivity contribution in [2.75, 3.05) is 19.7 Å². The summed E-state index contributed by atoms with van der Waals surface area (Å²) >= 11 is 5.76. The number of halogens is 2. The van der Waals surface area contributed by atoms with E-state index in [4.69, 9.17) is 16.3 Å². The maximum atomic E-state index is 12.9. The number of rotatable bonds is 8. The van der Waals surface area contributed by atoms with E-state index < -0.39 is 18.5 Å². The number of esters is 1. The van der Waals surface area contributed by atoms with Gasteiger partial charge in [-0.1, -0.05) is 23.7 Å². The van der Waals surface area contributed by atoms with E-state index in [1.807, 2.05) is 0 Å². The quantitative estimate of drug-likeness (QED) is 0.684. The standard InChI is InChI=1S/C20H20ClFN2O4/c1-2-24(12-18(25)23-11-14-3-9-17(22)10-4-14)19(26)13-28-20(27)15-5-7-16(21)8-6-15/h3-10H,2,11-13H2,1H3,(H,23,25). The highest BCUT2D eigenvalue weighted by Crippen LogP contribution is 2.10. The van der Waals surface area contributed by atoms with E-state index in [9.17, 15) is 18.8 Å². The molecule has 6 nitrogen and oxygen atoms in total. The van der Waals surface area contributed by atoms with Crippen LogP contribution in [0.1, 0.15) is 22.8 Å². The van der Waals surface area contributed by atoms with Gasteiger partial charge in [-0.05, 0) is 48.9 Å². The summed E-state index contributed by atoms with van der Waals surface area (Å²) in [6.07, 6.45) is 0. The first-order chi connectivity index (χ1) is 13.4. The third-order valence-corrected chi connectivity index (χ3v) is 4.13. The number of carbonyl (C=O) groups excluding carboxylic acids is 3. The van der Waals surface area contributed by atoms with Crippen LogP contribution in [0, 0.1) is 5.82 Å². The van der Waals surface area contributed by atoms with Crippen molar-refractivity contribution in [1.29, 1.82) is 0 Å². The SMILES string of the molecule is CCN(CC(=O)NCc1ccc(F)cc1)C(=O)COC(=O)c1ccc(Cl)cc1. The molecule has 148 valence electrons. The zero-order valence-corrected chi connectivity index (χ0v) is 16.0. The molecular weight excluding hydrogens is 387 g/mol.